The van der Waals surface area contributed by atoms with E-state index in [1.54, 1.807) is 18.2 Å². The summed E-state index contributed by atoms with van der Waals surface area (Å²) in [6.07, 6.45) is 4.31. The quantitative estimate of drug-likeness (QED) is 0.378. The maximum atomic E-state index is 13.8. The van der Waals surface area contributed by atoms with Crippen molar-refractivity contribution in [3.8, 4) is 11.5 Å². The fourth-order valence-corrected chi connectivity index (χ4v) is 4.41. The van der Waals surface area contributed by atoms with E-state index >= 15 is 0 Å². The third kappa shape index (κ3) is 5.47. The maximum absolute atomic E-state index is 13.8. The van der Waals surface area contributed by atoms with Gasteiger partial charge in [-0.05, 0) is 29.1 Å². The summed E-state index contributed by atoms with van der Waals surface area (Å²) in [5, 5.41) is 4.84. The second kappa shape index (κ2) is 11.3. The first-order chi connectivity index (χ1) is 17.1. The summed E-state index contributed by atoms with van der Waals surface area (Å²) in [6.45, 7) is 0.320. The number of nitrogens with zero attached hydrogens (tertiary/aromatic N) is 3. The minimum Gasteiger partial charge on any atom is -0.493 e. The van der Waals surface area contributed by atoms with Gasteiger partial charge >= 0.3 is 0 Å². The highest BCUT2D eigenvalue weighted by atomic mass is 32.1. The summed E-state index contributed by atoms with van der Waals surface area (Å²) < 4.78 is 10.8. The monoisotopic (exact) mass is 488 g/mol. The Bertz CT molecular complexity index is 1270. The third-order valence-corrected chi connectivity index (χ3v) is 6.20. The lowest BCUT2D eigenvalue weighted by Crippen LogP contribution is -2.44. The molecule has 2 aromatic heterocycles. The lowest BCUT2D eigenvalue weighted by Gasteiger charge is -2.30. The van der Waals surface area contributed by atoms with E-state index in [-0.39, 0.29) is 11.6 Å². The summed E-state index contributed by atoms with van der Waals surface area (Å²) in [5.74, 6) is 0.128. The molecule has 1 atom stereocenters. The molecule has 35 heavy (non-hydrogen) atoms. The zero-order valence-electron chi connectivity index (χ0n) is 19.3. The van der Waals surface area contributed by atoms with Gasteiger partial charge in [0, 0.05) is 35.6 Å². The predicted octanol–water partition coefficient (Wildman–Crippen LogP) is 4.26. The van der Waals surface area contributed by atoms with E-state index < -0.39 is 11.9 Å². The number of rotatable bonds is 9. The number of nitrogens with one attached hydrogen (secondary N) is 1. The molecule has 178 valence electrons. The van der Waals surface area contributed by atoms with Gasteiger partial charge in [-0.2, -0.15) is 0 Å². The Morgan fingerprint density at radius 2 is 1.80 bits per heavy atom. The van der Waals surface area contributed by atoms with Crippen molar-refractivity contribution >= 4 is 28.8 Å². The first-order valence-electron chi connectivity index (χ1n) is 10.8. The van der Waals surface area contributed by atoms with Crippen LogP contribution in [0.2, 0.25) is 0 Å². The van der Waals surface area contributed by atoms with Crippen molar-refractivity contribution in [1.82, 2.24) is 15.3 Å². The highest BCUT2D eigenvalue weighted by Gasteiger charge is 2.35. The second-order valence-corrected chi connectivity index (χ2v) is 8.41. The number of carbonyl (C=O) groups is 2. The molecular formula is C26H24N4O4S. The number of ether oxygens (including phenoxy) is 2. The lowest BCUT2D eigenvalue weighted by molar-refractivity contribution is -0.122. The summed E-state index contributed by atoms with van der Waals surface area (Å²) in [4.78, 5) is 37.8. The van der Waals surface area contributed by atoms with Crippen molar-refractivity contribution in [2.45, 2.75) is 12.6 Å². The van der Waals surface area contributed by atoms with E-state index in [1.165, 1.54) is 49.0 Å². The summed E-state index contributed by atoms with van der Waals surface area (Å²) in [6, 6.07) is 17.4. The van der Waals surface area contributed by atoms with Crippen LogP contribution in [-0.4, -0.2) is 36.0 Å². The standard InChI is InChI=1S/C26H24N4O4S/c1-33-21-11-10-19(15-22(21)34-2)30(26(32)20-17-27-12-13-28-20)24(23-9-6-14-35-23)25(31)29-16-18-7-4-3-5-8-18/h3-15,17,24H,16H2,1-2H3,(H,29,31)/t24-/m0/s1. The molecule has 0 bridgehead atoms. The fraction of sp³-hybridized carbons (Fsp3) is 0.154. The molecule has 0 aliphatic rings. The molecule has 0 aliphatic carbocycles. The number of benzene rings is 2. The van der Waals surface area contributed by atoms with E-state index in [2.05, 4.69) is 15.3 Å². The number of methoxy groups -OCH3 is 2. The van der Waals surface area contributed by atoms with Crippen LogP contribution in [0.25, 0.3) is 0 Å². The van der Waals surface area contributed by atoms with Gasteiger partial charge in [-0.3, -0.25) is 19.5 Å². The molecule has 8 nitrogen and oxygen atoms in total. The van der Waals surface area contributed by atoms with Crippen molar-refractivity contribution in [1.29, 1.82) is 0 Å². The zero-order chi connectivity index (χ0) is 24.6. The molecular weight excluding hydrogens is 464 g/mol. The van der Waals surface area contributed by atoms with Crippen molar-refractivity contribution in [3.63, 3.8) is 0 Å². The van der Waals surface area contributed by atoms with Gasteiger partial charge in [0.05, 0.1) is 20.4 Å². The molecule has 0 aliphatic heterocycles. The highest BCUT2D eigenvalue weighted by Crippen LogP contribution is 2.37. The molecule has 9 heteroatoms. The van der Waals surface area contributed by atoms with Gasteiger partial charge in [-0.1, -0.05) is 36.4 Å². The van der Waals surface area contributed by atoms with Crippen LogP contribution in [0, 0.1) is 0 Å². The van der Waals surface area contributed by atoms with Gasteiger partial charge in [0.15, 0.2) is 17.5 Å². The Morgan fingerprint density at radius 1 is 1.00 bits per heavy atom. The highest BCUT2D eigenvalue weighted by molar-refractivity contribution is 7.10. The Balaban J connectivity index is 1.78. The predicted molar refractivity (Wildman–Crippen MR) is 134 cm³/mol. The average molecular weight is 489 g/mol. The zero-order valence-corrected chi connectivity index (χ0v) is 20.1. The minimum atomic E-state index is -0.952. The molecule has 0 spiro atoms. The van der Waals surface area contributed by atoms with Gasteiger partial charge < -0.3 is 14.8 Å². The SMILES string of the molecule is COc1ccc(N(C(=O)c2cnccn2)[C@H](C(=O)NCc2ccccc2)c2cccs2)cc1OC. The molecule has 0 saturated heterocycles. The lowest BCUT2D eigenvalue weighted by atomic mass is 10.1. The average Bonchev–Trinajstić information content (AvgIpc) is 3.45. The van der Waals surface area contributed by atoms with E-state index in [1.807, 2.05) is 47.8 Å². The molecule has 0 saturated carbocycles. The van der Waals surface area contributed by atoms with Crippen molar-refractivity contribution in [3.05, 3.63) is 101 Å². The smallest absolute Gasteiger partial charge is 0.279 e. The van der Waals surface area contributed by atoms with Crippen molar-refractivity contribution < 1.29 is 19.1 Å². The fourth-order valence-electron chi connectivity index (χ4n) is 3.59. The second-order valence-electron chi connectivity index (χ2n) is 7.43. The first-order valence-corrected chi connectivity index (χ1v) is 11.7. The van der Waals surface area contributed by atoms with E-state index in [0.29, 0.717) is 28.6 Å². The first kappa shape index (κ1) is 23.9. The molecule has 1 N–H and O–H groups in total. The van der Waals surface area contributed by atoms with E-state index in [0.717, 1.165) is 5.56 Å². The molecule has 2 heterocycles. The number of aromatic nitrogens is 2. The number of anilines is 1. The van der Waals surface area contributed by atoms with E-state index in [9.17, 15) is 9.59 Å². The van der Waals surface area contributed by atoms with Crippen LogP contribution in [0.5, 0.6) is 11.5 Å². The van der Waals surface area contributed by atoms with Crippen LogP contribution < -0.4 is 19.7 Å². The number of thiophene rings is 1. The molecule has 2 aromatic carbocycles. The topological polar surface area (TPSA) is 93.7 Å². The Morgan fingerprint density at radius 3 is 2.46 bits per heavy atom. The summed E-state index contributed by atoms with van der Waals surface area (Å²) >= 11 is 1.39. The van der Waals surface area contributed by atoms with Crippen LogP contribution in [0.4, 0.5) is 5.69 Å². The van der Waals surface area contributed by atoms with Gasteiger partial charge in [0.1, 0.15) is 5.69 Å². The van der Waals surface area contributed by atoms with Crippen LogP contribution in [0.3, 0.4) is 0 Å². The van der Waals surface area contributed by atoms with Gasteiger partial charge in [-0.15, -0.1) is 11.3 Å². The summed E-state index contributed by atoms with van der Waals surface area (Å²) in [5.41, 5.74) is 1.51. The van der Waals surface area contributed by atoms with Gasteiger partial charge in [0.25, 0.3) is 5.91 Å². The van der Waals surface area contributed by atoms with Crippen LogP contribution >= 0.6 is 11.3 Å². The Labute approximate surface area is 207 Å². The van der Waals surface area contributed by atoms with Gasteiger partial charge in [0.2, 0.25) is 5.91 Å². The number of carbonyl (C=O) groups excluding carboxylic acids is 2. The number of amides is 2. The normalized spacial score (nSPS) is 11.4. The molecule has 0 unspecified atom stereocenters. The molecule has 0 fully saturated rings. The number of hydrogen-bond acceptors (Lipinski definition) is 7. The Hall–Kier alpha value is -4.24. The van der Waals surface area contributed by atoms with Crippen LogP contribution in [0.15, 0.2) is 84.6 Å². The van der Waals surface area contributed by atoms with Gasteiger partial charge in [-0.25, -0.2) is 4.98 Å². The van der Waals surface area contributed by atoms with Crippen molar-refractivity contribution in [2.24, 2.45) is 0 Å². The largest absolute Gasteiger partial charge is 0.493 e. The van der Waals surface area contributed by atoms with E-state index in [4.69, 9.17) is 9.47 Å². The maximum Gasteiger partial charge on any atom is 0.279 e. The molecule has 0 radical (unpaired) electrons. The molecule has 4 rings (SSSR count). The van der Waals surface area contributed by atoms with Crippen LogP contribution in [-0.2, 0) is 11.3 Å². The van der Waals surface area contributed by atoms with Crippen molar-refractivity contribution in [2.75, 3.05) is 19.1 Å². The van der Waals surface area contributed by atoms with Crippen LogP contribution in [0.1, 0.15) is 27.0 Å². The minimum absolute atomic E-state index is 0.111. The summed E-state index contributed by atoms with van der Waals surface area (Å²) in [7, 11) is 3.05. The molecule has 2 amide bonds. The number of hydrogen-bond donors (Lipinski definition) is 1. The molecule has 4 aromatic rings. The Kier molecular flexibility index (Phi) is 7.69. The third-order valence-electron chi connectivity index (χ3n) is 5.28.